The van der Waals surface area contributed by atoms with Gasteiger partial charge in [-0.3, -0.25) is 4.79 Å². The van der Waals surface area contributed by atoms with Crippen LogP contribution in [0.25, 0.3) is 10.8 Å². The van der Waals surface area contributed by atoms with Gasteiger partial charge in [-0.05, 0) is 23.1 Å². The third kappa shape index (κ3) is 2.97. The average Bonchev–Trinajstić information content (AvgIpc) is 2.44. The fourth-order valence-electron chi connectivity index (χ4n) is 1.87. The normalized spacial score (nSPS) is 10.8. The number of hydrogen-bond donors (Lipinski definition) is 2. The number of benzene rings is 2. The SMILES string of the molecule is COc1cc(OCC(N)=O)c2cc(C=NN)ccc2c1. The zero-order valence-corrected chi connectivity index (χ0v) is 11.0. The van der Waals surface area contributed by atoms with Crippen molar-refractivity contribution < 1.29 is 14.3 Å². The van der Waals surface area contributed by atoms with E-state index in [-0.39, 0.29) is 6.61 Å². The van der Waals surface area contributed by atoms with Gasteiger partial charge in [0, 0.05) is 11.5 Å². The monoisotopic (exact) mass is 273 g/mol. The molecule has 20 heavy (non-hydrogen) atoms. The molecule has 0 saturated carbocycles. The minimum Gasteiger partial charge on any atom is -0.497 e. The van der Waals surface area contributed by atoms with Crippen LogP contribution in [0.2, 0.25) is 0 Å². The second-order valence-corrected chi connectivity index (χ2v) is 4.14. The average molecular weight is 273 g/mol. The third-order valence-electron chi connectivity index (χ3n) is 2.74. The van der Waals surface area contributed by atoms with Gasteiger partial charge in [-0.15, -0.1) is 0 Å². The van der Waals surface area contributed by atoms with Gasteiger partial charge in [0.25, 0.3) is 5.91 Å². The molecule has 0 spiro atoms. The molecule has 6 heteroatoms. The lowest BCUT2D eigenvalue weighted by atomic mass is 10.1. The molecule has 0 saturated heterocycles. The Morgan fingerprint density at radius 1 is 1.35 bits per heavy atom. The molecule has 1 amide bonds. The molecule has 0 aliphatic rings. The Labute approximate surface area is 116 Å². The van der Waals surface area contributed by atoms with Crippen molar-refractivity contribution in [2.45, 2.75) is 0 Å². The number of hydrogen-bond acceptors (Lipinski definition) is 5. The summed E-state index contributed by atoms with van der Waals surface area (Å²) in [5, 5.41) is 5.22. The van der Waals surface area contributed by atoms with E-state index >= 15 is 0 Å². The Morgan fingerprint density at radius 2 is 2.15 bits per heavy atom. The highest BCUT2D eigenvalue weighted by Gasteiger charge is 2.08. The molecule has 104 valence electrons. The van der Waals surface area contributed by atoms with Gasteiger partial charge in [0.05, 0.1) is 13.3 Å². The van der Waals surface area contributed by atoms with E-state index in [1.54, 1.807) is 13.2 Å². The number of fused-ring (bicyclic) bond motifs is 1. The number of ether oxygens (including phenoxy) is 2. The standard InChI is InChI=1S/C14H15N3O3/c1-19-11-5-10-3-2-9(7-17-16)4-12(10)13(6-11)20-8-14(15)18/h2-7H,8,16H2,1H3,(H2,15,18). The summed E-state index contributed by atoms with van der Waals surface area (Å²) in [6.45, 7) is -0.197. The first kappa shape index (κ1) is 13.7. The van der Waals surface area contributed by atoms with E-state index in [4.69, 9.17) is 21.1 Å². The Bertz CT molecular complexity index is 668. The number of primary amides is 1. The number of hydrazone groups is 1. The fraction of sp³-hybridized carbons (Fsp3) is 0.143. The molecule has 0 unspecified atom stereocenters. The highest BCUT2D eigenvalue weighted by Crippen LogP contribution is 2.31. The van der Waals surface area contributed by atoms with Crippen LogP contribution in [0.5, 0.6) is 11.5 Å². The van der Waals surface area contributed by atoms with Crippen LogP contribution < -0.4 is 21.1 Å². The Morgan fingerprint density at radius 3 is 2.80 bits per heavy atom. The minimum absolute atomic E-state index is 0.197. The van der Waals surface area contributed by atoms with Gasteiger partial charge in [-0.25, -0.2) is 0 Å². The van der Waals surface area contributed by atoms with Crippen molar-refractivity contribution in [3.8, 4) is 11.5 Å². The molecule has 0 radical (unpaired) electrons. The van der Waals surface area contributed by atoms with Crippen LogP contribution in [-0.4, -0.2) is 25.8 Å². The lowest BCUT2D eigenvalue weighted by Crippen LogP contribution is -2.20. The van der Waals surface area contributed by atoms with Crippen LogP contribution >= 0.6 is 0 Å². The summed E-state index contributed by atoms with van der Waals surface area (Å²) in [5.74, 6) is 5.76. The first-order chi connectivity index (χ1) is 9.63. The van der Waals surface area contributed by atoms with E-state index in [2.05, 4.69) is 5.10 Å². The van der Waals surface area contributed by atoms with Crippen molar-refractivity contribution in [2.24, 2.45) is 16.7 Å². The van der Waals surface area contributed by atoms with Gasteiger partial charge < -0.3 is 21.1 Å². The maximum Gasteiger partial charge on any atom is 0.255 e. The number of carbonyl (C=O) groups excluding carboxylic acids is 1. The second kappa shape index (κ2) is 5.92. The smallest absolute Gasteiger partial charge is 0.255 e. The number of methoxy groups -OCH3 is 1. The molecule has 2 aromatic carbocycles. The number of amides is 1. The molecular formula is C14H15N3O3. The molecule has 4 N–H and O–H groups in total. The van der Waals surface area contributed by atoms with E-state index in [0.29, 0.717) is 11.5 Å². The molecule has 6 nitrogen and oxygen atoms in total. The zero-order chi connectivity index (χ0) is 14.5. The van der Waals surface area contributed by atoms with Gasteiger partial charge in [-0.1, -0.05) is 12.1 Å². The third-order valence-corrected chi connectivity index (χ3v) is 2.74. The van der Waals surface area contributed by atoms with Gasteiger partial charge in [-0.2, -0.15) is 5.10 Å². The van der Waals surface area contributed by atoms with Crippen LogP contribution in [0.3, 0.4) is 0 Å². The largest absolute Gasteiger partial charge is 0.497 e. The summed E-state index contributed by atoms with van der Waals surface area (Å²) in [7, 11) is 1.56. The quantitative estimate of drug-likeness (QED) is 0.482. The minimum atomic E-state index is -0.541. The van der Waals surface area contributed by atoms with Crippen LogP contribution in [0.4, 0.5) is 0 Å². The second-order valence-electron chi connectivity index (χ2n) is 4.14. The number of nitrogens with two attached hydrogens (primary N) is 2. The summed E-state index contributed by atoms with van der Waals surface area (Å²) in [6, 6.07) is 9.20. The van der Waals surface area contributed by atoms with Gasteiger partial charge >= 0.3 is 0 Å². The Balaban J connectivity index is 2.54. The predicted octanol–water partition coefficient (Wildman–Crippen LogP) is 1.01. The maximum absolute atomic E-state index is 10.9. The van der Waals surface area contributed by atoms with Crippen molar-refractivity contribution >= 4 is 22.9 Å². The summed E-state index contributed by atoms with van der Waals surface area (Å²) in [6.07, 6.45) is 1.53. The molecular weight excluding hydrogens is 258 g/mol. The fourth-order valence-corrected chi connectivity index (χ4v) is 1.87. The van der Waals surface area contributed by atoms with Crippen molar-refractivity contribution in [1.29, 1.82) is 0 Å². The van der Waals surface area contributed by atoms with Gasteiger partial charge in [0.15, 0.2) is 6.61 Å². The van der Waals surface area contributed by atoms with Crippen molar-refractivity contribution in [3.63, 3.8) is 0 Å². The van der Waals surface area contributed by atoms with Crippen LogP contribution in [0.15, 0.2) is 35.4 Å². The summed E-state index contributed by atoms with van der Waals surface area (Å²) in [4.78, 5) is 10.9. The number of nitrogens with zero attached hydrogens (tertiary/aromatic N) is 1. The molecule has 0 bridgehead atoms. The van der Waals surface area contributed by atoms with E-state index in [1.807, 2.05) is 24.3 Å². The topological polar surface area (TPSA) is 99.9 Å². The van der Waals surface area contributed by atoms with Crippen LogP contribution in [-0.2, 0) is 4.79 Å². The molecule has 0 aliphatic heterocycles. The van der Waals surface area contributed by atoms with Gasteiger partial charge in [0.2, 0.25) is 0 Å². The van der Waals surface area contributed by atoms with Gasteiger partial charge in [0.1, 0.15) is 11.5 Å². The molecule has 2 rings (SSSR count). The summed E-state index contributed by atoms with van der Waals surface area (Å²) < 4.78 is 10.6. The van der Waals surface area contributed by atoms with Crippen LogP contribution in [0.1, 0.15) is 5.56 Å². The van der Waals surface area contributed by atoms with Crippen LogP contribution in [0, 0.1) is 0 Å². The van der Waals surface area contributed by atoms with E-state index in [1.165, 1.54) is 6.21 Å². The van der Waals surface area contributed by atoms with E-state index < -0.39 is 5.91 Å². The lowest BCUT2D eigenvalue weighted by molar-refractivity contribution is -0.119. The molecule has 2 aromatic rings. The van der Waals surface area contributed by atoms with Crippen molar-refractivity contribution in [1.82, 2.24) is 0 Å². The highest BCUT2D eigenvalue weighted by atomic mass is 16.5. The maximum atomic E-state index is 10.9. The Hall–Kier alpha value is -2.76. The number of carbonyl (C=O) groups is 1. The lowest BCUT2D eigenvalue weighted by Gasteiger charge is -2.11. The van der Waals surface area contributed by atoms with E-state index in [0.717, 1.165) is 16.3 Å². The molecule has 0 heterocycles. The molecule has 0 fully saturated rings. The molecule has 0 aliphatic carbocycles. The van der Waals surface area contributed by atoms with Crippen molar-refractivity contribution in [2.75, 3.05) is 13.7 Å². The zero-order valence-electron chi connectivity index (χ0n) is 11.0. The highest BCUT2D eigenvalue weighted by molar-refractivity contribution is 5.95. The summed E-state index contributed by atoms with van der Waals surface area (Å²) in [5.41, 5.74) is 5.93. The van der Waals surface area contributed by atoms with E-state index in [9.17, 15) is 4.79 Å². The summed E-state index contributed by atoms with van der Waals surface area (Å²) >= 11 is 0. The Kier molecular flexibility index (Phi) is 4.05. The predicted molar refractivity (Wildman–Crippen MR) is 77.0 cm³/mol. The number of rotatable bonds is 5. The molecule has 0 atom stereocenters. The first-order valence-electron chi connectivity index (χ1n) is 5.90. The molecule has 0 aromatic heterocycles. The van der Waals surface area contributed by atoms with Crippen molar-refractivity contribution in [3.05, 3.63) is 35.9 Å². The first-order valence-corrected chi connectivity index (χ1v) is 5.90.